The SMILES string of the molecule is CC(C)(OOC(C)(C)c1ccccc1)c1ccccc1.S. The van der Waals surface area contributed by atoms with Gasteiger partial charge in [0.15, 0.2) is 0 Å². The Bertz CT molecular complexity index is 484. The molecule has 0 unspecified atom stereocenters. The molecular formula is C18H24O2S. The third-order valence-electron chi connectivity index (χ3n) is 3.40. The zero-order valence-corrected chi connectivity index (χ0v) is 14.1. The van der Waals surface area contributed by atoms with Crippen LogP contribution in [0.5, 0.6) is 0 Å². The maximum absolute atomic E-state index is 5.73. The Kier molecular flexibility index (Phi) is 6.02. The van der Waals surface area contributed by atoms with Crippen LogP contribution in [0, 0.1) is 0 Å². The van der Waals surface area contributed by atoms with Crippen LogP contribution in [0.25, 0.3) is 0 Å². The number of hydrogen-bond donors (Lipinski definition) is 0. The van der Waals surface area contributed by atoms with Crippen LogP contribution in [-0.4, -0.2) is 0 Å². The van der Waals surface area contributed by atoms with Gasteiger partial charge in [-0.25, -0.2) is 9.78 Å². The topological polar surface area (TPSA) is 18.5 Å². The van der Waals surface area contributed by atoms with Crippen molar-refractivity contribution in [2.45, 2.75) is 38.9 Å². The molecule has 2 rings (SSSR count). The molecule has 0 aliphatic carbocycles. The highest BCUT2D eigenvalue weighted by Gasteiger charge is 2.29. The fourth-order valence-corrected chi connectivity index (χ4v) is 1.98. The van der Waals surface area contributed by atoms with Crippen LogP contribution >= 0.6 is 13.5 Å². The Balaban J connectivity index is 0.00000220. The molecule has 0 heterocycles. The highest BCUT2D eigenvalue weighted by atomic mass is 32.1. The van der Waals surface area contributed by atoms with E-state index in [1.54, 1.807) is 0 Å². The maximum atomic E-state index is 5.73. The lowest BCUT2D eigenvalue weighted by molar-refractivity contribution is -0.410. The van der Waals surface area contributed by atoms with Gasteiger partial charge in [0.1, 0.15) is 11.2 Å². The van der Waals surface area contributed by atoms with Gasteiger partial charge in [0.05, 0.1) is 0 Å². The molecule has 3 heteroatoms. The van der Waals surface area contributed by atoms with Crippen molar-refractivity contribution in [1.29, 1.82) is 0 Å². The van der Waals surface area contributed by atoms with E-state index < -0.39 is 11.2 Å². The van der Waals surface area contributed by atoms with Crippen LogP contribution in [0.2, 0.25) is 0 Å². The Hall–Kier alpha value is -1.29. The molecule has 0 amide bonds. The van der Waals surface area contributed by atoms with Crippen molar-refractivity contribution >= 4 is 13.5 Å². The predicted octanol–water partition coefficient (Wildman–Crippen LogP) is 4.92. The van der Waals surface area contributed by atoms with Crippen LogP contribution in [-0.2, 0) is 21.0 Å². The van der Waals surface area contributed by atoms with Gasteiger partial charge in [-0.05, 0) is 38.8 Å². The Labute approximate surface area is 134 Å². The standard InChI is InChI=1S/C18H22O2.H2S/c1-17(2,15-11-7-5-8-12-15)19-20-18(3,4)16-13-9-6-10-14-16;/h5-14H,1-4H3;1H2. The monoisotopic (exact) mass is 304 g/mol. The fraction of sp³-hybridized carbons (Fsp3) is 0.333. The lowest BCUT2D eigenvalue weighted by Gasteiger charge is -2.31. The second-order valence-electron chi connectivity index (χ2n) is 5.92. The molecule has 2 aromatic rings. The van der Waals surface area contributed by atoms with E-state index >= 15 is 0 Å². The van der Waals surface area contributed by atoms with Crippen molar-refractivity contribution in [3.8, 4) is 0 Å². The van der Waals surface area contributed by atoms with Gasteiger partial charge in [0.2, 0.25) is 0 Å². The van der Waals surface area contributed by atoms with E-state index in [4.69, 9.17) is 9.78 Å². The molecule has 0 N–H and O–H groups in total. The number of benzene rings is 2. The van der Waals surface area contributed by atoms with Gasteiger partial charge in [-0.15, -0.1) is 0 Å². The summed E-state index contributed by atoms with van der Waals surface area (Å²) in [6, 6.07) is 20.2. The van der Waals surface area contributed by atoms with Gasteiger partial charge < -0.3 is 0 Å². The lowest BCUT2D eigenvalue weighted by atomic mass is 9.98. The normalized spacial score (nSPS) is 11.8. The van der Waals surface area contributed by atoms with Gasteiger partial charge in [-0.1, -0.05) is 60.7 Å². The molecule has 0 spiro atoms. The minimum Gasteiger partial charge on any atom is -0.225 e. The smallest absolute Gasteiger partial charge is 0.123 e. The van der Waals surface area contributed by atoms with Gasteiger partial charge in [-0.2, -0.15) is 13.5 Å². The van der Waals surface area contributed by atoms with Crippen molar-refractivity contribution < 1.29 is 9.78 Å². The van der Waals surface area contributed by atoms with Crippen molar-refractivity contribution in [3.05, 3.63) is 71.8 Å². The molecular weight excluding hydrogens is 280 g/mol. The van der Waals surface area contributed by atoms with Crippen molar-refractivity contribution in [2.75, 3.05) is 0 Å². The lowest BCUT2D eigenvalue weighted by Crippen LogP contribution is -2.29. The first-order valence-electron chi connectivity index (χ1n) is 6.90. The van der Waals surface area contributed by atoms with Crippen LogP contribution < -0.4 is 0 Å². The highest BCUT2D eigenvalue weighted by Crippen LogP contribution is 2.31. The highest BCUT2D eigenvalue weighted by molar-refractivity contribution is 7.59. The van der Waals surface area contributed by atoms with Crippen LogP contribution in [0.3, 0.4) is 0 Å². The largest absolute Gasteiger partial charge is 0.225 e. The Morgan fingerprint density at radius 1 is 0.571 bits per heavy atom. The van der Waals surface area contributed by atoms with Crippen LogP contribution in [0.15, 0.2) is 60.7 Å². The summed E-state index contributed by atoms with van der Waals surface area (Å²) in [6.07, 6.45) is 0. The second-order valence-corrected chi connectivity index (χ2v) is 5.92. The van der Waals surface area contributed by atoms with E-state index in [1.807, 2.05) is 88.4 Å². The first kappa shape index (κ1) is 17.8. The summed E-state index contributed by atoms with van der Waals surface area (Å²) >= 11 is 0. The summed E-state index contributed by atoms with van der Waals surface area (Å²) in [4.78, 5) is 11.5. The zero-order chi connectivity index (χ0) is 14.6. The summed E-state index contributed by atoms with van der Waals surface area (Å²) in [5.41, 5.74) is 1.19. The van der Waals surface area contributed by atoms with E-state index in [0.29, 0.717) is 0 Å². The predicted molar refractivity (Wildman–Crippen MR) is 91.5 cm³/mol. The second kappa shape index (κ2) is 7.12. The summed E-state index contributed by atoms with van der Waals surface area (Å²) < 4.78 is 0. The maximum Gasteiger partial charge on any atom is 0.123 e. The first-order chi connectivity index (χ1) is 9.42. The van der Waals surface area contributed by atoms with Crippen LogP contribution in [0.4, 0.5) is 0 Å². The average molecular weight is 304 g/mol. The number of rotatable bonds is 5. The summed E-state index contributed by atoms with van der Waals surface area (Å²) in [5, 5.41) is 0. The van der Waals surface area contributed by atoms with E-state index in [1.165, 1.54) is 0 Å². The fourth-order valence-electron chi connectivity index (χ4n) is 1.98. The molecule has 0 aliphatic rings. The molecule has 0 fully saturated rings. The molecule has 2 aromatic carbocycles. The van der Waals surface area contributed by atoms with E-state index in [0.717, 1.165) is 11.1 Å². The van der Waals surface area contributed by atoms with Gasteiger partial charge in [0.25, 0.3) is 0 Å². The van der Waals surface area contributed by atoms with Gasteiger partial charge in [-0.3, -0.25) is 0 Å². The Morgan fingerprint density at radius 3 is 1.14 bits per heavy atom. The molecule has 0 bridgehead atoms. The summed E-state index contributed by atoms with van der Waals surface area (Å²) in [7, 11) is 0. The zero-order valence-electron chi connectivity index (χ0n) is 13.1. The molecule has 2 nitrogen and oxygen atoms in total. The molecule has 0 atom stereocenters. The van der Waals surface area contributed by atoms with Gasteiger partial charge >= 0.3 is 0 Å². The van der Waals surface area contributed by atoms with E-state index in [2.05, 4.69) is 0 Å². The third kappa shape index (κ3) is 4.60. The van der Waals surface area contributed by atoms with Crippen molar-refractivity contribution in [1.82, 2.24) is 0 Å². The summed E-state index contributed by atoms with van der Waals surface area (Å²) in [5.74, 6) is 0. The molecule has 114 valence electrons. The average Bonchev–Trinajstić information content (AvgIpc) is 2.47. The van der Waals surface area contributed by atoms with E-state index in [9.17, 15) is 0 Å². The number of hydrogen-bond acceptors (Lipinski definition) is 2. The first-order valence-corrected chi connectivity index (χ1v) is 6.90. The van der Waals surface area contributed by atoms with Crippen LogP contribution in [0.1, 0.15) is 38.8 Å². The van der Waals surface area contributed by atoms with E-state index in [-0.39, 0.29) is 13.5 Å². The molecule has 0 aromatic heterocycles. The molecule has 0 aliphatic heterocycles. The quantitative estimate of drug-likeness (QED) is 0.576. The third-order valence-corrected chi connectivity index (χ3v) is 3.40. The minimum absolute atomic E-state index is 0. The molecule has 0 saturated carbocycles. The molecule has 21 heavy (non-hydrogen) atoms. The Morgan fingerprint density at radius 2 is 0.857 bits per heavy atom. The van der Waals surface area contributed by atoms with Crippen molar-refractivity contribution in [3.63, 3.8) is 0 Å². The molecule has 0 saturated heterocycles. The van der Waals surface area contributed by atoms with Gasteiger partial charge in [0, 0.05) is 0 Å². The molecule has 0 radical (unpaired) electrons. The van der Waals surface area contributed by atoms with Crippen molar-refractivity contribution in [2.24, 2.45) is 0 Å². The minimum atomic E-state index is -0.493. The summed E-state index contributed by atoms with van der Waals surface area (Å²) in [6.45, 7) is 8.01.